The summed E-state index contributed by atoms with van der Waals surface area (Å²) in [7, 11) is 0. The summed E-state index contributed by atoms with van der Waals surface area (Å²) in [5.74, 6) is 0.916. The standard InChI is InChI=1S/C12H14N2O2/c1-10-7-11(15)9-12(8-10)16-6-5-14-4-2-3-13-14/h2-4,7-9,15H,5-6H2,1H3. The molecule has 0 radical (unpaired) electrons. The Bertz CT molecular complexity index is 432. The monoisotopic (exact) mass is 218 g/mol. The molecule has 4 nitrogen and oxygen atoms in total. The van der Waals surface area contributed by atoms with Crippen LogP contribution in [0.15, 0.2) is 36.7 Å². The first-order chi connectivity index (χ1) is 7.74. The van der Waals surface area contributed by atoms with Crippen LogP contribution in [0.4, 0.5) is 0 Å². The highest BCUT2D eigenvalue weighted by atomic mass is 16.5. The number of aromatic nitrogens is 2. The summed E-state index contributed by atoms with van der Waals surface area (Å²) >= 11 is 0. The van der Waals surface area contributed by atoms with Crippen molar-refractivity contribution in [2.75, 3.05) is 6.61 Å². The Kier molecular flexibility index (Phi) is 3.10. The zero-order valence-electron chi connectivity index (χ0n) is 9.13. The van der Waals surface area contributed by atoms with Gasteiger partial charge in [-0.3, -0.25) is 4.68 Å². The first kappa shape index (κ1) is 10.5. The van der Waals surface area contributed by atoms with E-state index in [1.165, 1.54) is 0 Å². The van der Waals surface area contributed by atoms with E-state index in [-0.39, 0.29) is 5.75 Å². The molecule has 0 spiro atoms. The molecule has 0 amide bonds. The molecule has 1 aromatic carbocycles. The number of aryl methyl sites for hydroxylation is 1. The second kappa shape index (κ2) is 4.70. The van der Waals surface area contributed by atoms with Gasteiger partial charge in [-0.1, -0.05) is 0 Å². The lowest BCUT2D eigenvalue weighted by Crippen LogP contribution is -2.08. The van der Waals surface area contributed by atoms with E-state index < -0.39 is 0 Å². The van der Waals surface area contributed by atoms with Crippen molar-refractivity contribution in [1.82, 2.24) is 9.78 Å². The molecule has 0 aliphatic rings. The highest BCUT2D eigenvalue weighted by Crippen LogP contribution is 2.20. The molecule has 2 rings (SSSR count). The summed E-state index contributed by atoms with van der Waals surface area (Å²) in [5.41, 5.74) is 0.981. The van der Waals surface area contributed by atoms with E-state index in [9.17, 15) is 5.11 Å². The van der Waals surface area contributed by atoms with Gasteiger partial charge < -0.3 is 9.84 Å². The van der Waals surface area contributed by atoms with Gasteiger partial charge in [-0.25, -0.2) is 0 Å². The molecule has 4 heteroatoms. The second-order valence-electron chi connectivity index (χ2n) is 3.62. The SMILES string of the molecule is Cc1cc(O)cc(OCCn2cccn2)c1. The fraction of sp³-hybridized carbons (Fsp3) is 0.250. The van der Waals surface area contributed by atoms with Gasteiger partial charge in [0, 0.05) is 18.5 Å². The van der Waals surface area contributed by atoms with Gasteiger partial charge in [0.05, 0.1) is 6.54 Å². The van der Waals surface area contributed by atoms with Crippen LogP contribution in [0.5, 0.6) is 11.5 Å². The maximum Gasteiger partial charge on any atom is 0.123 e. The Balaban J connectivity index is 1.89. The fourth-order valence-corrected chi connectivity index (χ4v) is 1.50. The summed E-state index contributed by atoms with van der Waals surface area (Å²) in [4.78, 5) is 0. The smallest absolute Gasteiger partial charge is 0.123 e. The number of phenolic OH excluding ortho intramolecular Hbond substituents is 1. The molecule has 1 N–H and O–H groups in total. The number of nitrogens with zero attached hydrogens (tertiary/aromatic N) is 2. The molecule has 2 aromatic rings. The van der Waals surface area contributed by atoms with Crippen LogP contribution in [-0.2, 0) is 6.54 Å². The number of hydrogen-bond donors (Lipinski definition) is 1. The predicted octanol–water partition coefficient (Wildman–Crippen LogP) is 1.98. The third-order valence-electron chi connectivity index (χ3n) is 2.18. The average Bonchev–Trinajstić information content (AvgIpc) is 2.69. The van der Waals surface area contributed by atoms with Crippen LogP contribution < -0.4 is 4.74 Å². The van der Waals surface area contributed by atoms with Gasteiger partial charge in [0.1, 0.15) is 18.1 Å². The van der Waals surface area contributed by atoms with E-state index in [0.29, 0.717) is 18.9 Å². The van der Waals surface area contributed by atoms with Gasteiger partial charge in [-0.2, -0.15) is 5.10 Å². The van der Waals surface area contributed by atoms with E-state index in [1.807, 2.05) is 25.3 Å². The van der Waals surface area contributed by atoms with Gasteiger partial charge in [0.15, 0.2) is 0 Å². The van der Waals surface area contributed by atoms with Crippen LogP contribution in [-0.4, -0.2) is 21.5 Å². The van der Waals surface area contributed by atoms with Crippen molar-refractivity contribution in [2.24, 2.45) is 0 Å². The first-order valence-electron chi connectivity index (χ1n) is 5.15. The molecule has 0 aliphatic heterocycles. The van der Waals surface area contributed by atoms with Crippen LogP contribution in [0.2, 0.25) is 0 Å². The van der Waals surface area contributed by atoms with Gasteiger partial charge in [0.2, 0.25) is 0 Å². The zero-order chi connectivity index (χ0) is 11.4. The van der Waals surface area contributed by atoms with Gasteiger partial charge in [-0.05, 0) is 30.7 Å². The summed E-state index contributed by atoms with van der Waals surface area (Å²) in [6.45, 7) is 3.15. The Morgan fingerprint density at radius 3 is 2.94 bits per heavy atom. The molecule has 0 unspecified atom stereocenters. The molecule has 1 aromatic heterocycles. The van der Waals surface area contributed by atoms with Crippen molar-refractivity contribution in [2.45, 2.75) is 13.5 Å². The molecule has 0 bridgehead atoms. The largest absolute Gasteiger partial charge is 0.508 e. The average molecular weight is 218 g/mol. The van der Waals surface area contributed by atoms with Crippen molar-refractivity contribution in [1.29, 1.82) is 0 Å². The van der Waals surface area contributed by atoms with Crippen molar-refractivity contribution in [3.63, 3.8) is 0 Å². The lowest BCUT2D eigenvalue weighted by molar-refractivity contribution is 0.290. The summed E-state index contributed by atoms with van der Waals surface area (Å²) < 4.78 is 7.32. The molecular formula is C12H14N2O2. The minimum absolute atomic E-state index is 0.231. The first-order valence-corrected chi connectivity index (χ1v) is 5.15. The van der Waals surface area contributed by atoms with E-state index in [1.54, 1.807) is 23.0 Å². The number of rotatable bonds is 4. The normalized spacial score (nSPS) is 10.3. The van der Waals surface area contributed by atoms with E-state index in [2.05, 4.69) is 5.10 Å². The maximum absolute atomic E-state index is 9.38. The lowest BCUT2D eigenvalue weighted by Gasteiger charge is -2.07. The second-order valence-corrected chi connectivity index (χ2v) is 3.62. The summed E-state index contributed by atoms with van der Waals surface area (Å²) in [6.07, 6.45) is 3.62. The van der Waals surface area contributed by atoms with Crippen molar-refractivity contribution in [3.8, 4) is 11.5 Å². The predicted molar refractivity (Wildman–Crippen MR) is 60.6 cm³/mol. The molecule has 1 heterocycles. The fourth-order valence-electron chi connectivity index (χ4n) is 1.50. The molecular weight excluding hydrogens is 204 g/mol. The molecule has 84 valence electrons. The summed E-state index contributed by atoms with van der Waals surface area (Å²) in [5, 5.41) is 13.4. The zero-order valence-corrected chi connectivity index (χ0v) is 9.13. The number of aromatic hydroxyl groups is 1. The van der Waals surface area contributed by atoms with Crippen molar-refractivity contribution in [3.05, 3.63) is 42.2 Å². The highest BCUT2D eigenvalue weighted by Gasteiger charge is 1.98. The maximum atomic E-state index is 9.38. The Morgan fingerprint density at radius 1 is 1.38 bits per heavy atom. The molecule has 16 heavy (non-hydrogen) atoms. The minimum Gasteiger partial charge on any atom is -0.508 e. The highest BCUT2D eigenvalue weighted by molar-refractivity contribution is 5.36. The molecule has 0 saturated heterocycles. The third kappa shape index (κ3) is 2.76. The van der Waals surface area contributed by atoms with E-state index in [4.69, 9.17) is 4.74 Å². The third-order valence-corrected chi connectivity index (χ3v) is 2.18. The Hall–Kier alpha value is -1.97. The van der Waals surface area contributed by atoms with Crippen molar-refractivity contribution >= 4 is 0 Å². The van der Waals surface area contributed by atoms with Crippen molar-refractivity contribution < 1.29 is 9.84 Å². The number of ether oxygens (including phenoxy) is 1. The Morgan fingerprint density at radius 2 is 2.25 bits per heavy atom. The lowest BCUT2D eigenvalue weighted by atomic mass is 10.2. The van der Waals surface area contributed by atoms with Crippen LogP contribution in [0, 0.1) is 6.92 Å². The minimum atomic E-state index is 0.231. The Labute approximate surface area is 94.1 Å². The number of phenols is 1. The molecule has 0 saturated carbocycles. The summed E-state index contributed by atoms with van der Waals surface area (Å²) in [6, 6.07) is 7.07. The van der Waals surface area contributed by atoms with Crippen LogP contribution in [0.1, 0.15) is 5.56 Å². The van der Waals surface area contributed by atoms with Crippen LogP contribution in [0.25, 0.3) is 0 Å². The van der Waals surface area contributed by atoms with E-state index in [0.717, 1.165) is 5.56 Å². The quantitative estimate of drug-likeness (QED) is 0.853. The van der Waals surface area contributed by atoms with Crippen LogP contribution in [0.3, 0.4) is 0 Å². The van der Waals surface area contributed by atoms with Crippen LogP contribution >= 0.6 is 0 Å². The van der Waals surface area contributed by atoms with Gasteiger partial charge in [0.25, 0.3) is 0 Å². The van der Waals surface area contributed by atoms with Gasteiger partial charge >= 0.3 is 0 Å². The topological polar surface area (TPSA) is 47.3 Å². The van der Waals surface area contributed by atoms with Gasteiger partial charge in [-0.15, -0.1) is 0 Å². The molecule has 0 atom stereocenters. The molecule has 0 aliphatic carbocycles. The number of benzene rings is 1. The van der Waals surface area contributed by atoms with E-state index >= 15 is 0 Å². The molecule has 0 fully saturated rings. The number of hydrogen-bond acceptors (Lipinski definition) is 3.